The Balaban J connectivity index is 2.09. The normalized spacial score (nSPS) is 12.2. The molecule has 6 heteroatoms. The van der Waals surface area contributed by atoms with E-state index in [1.54, 1.807) is 18.3 Å². The Morgan fingerprint density at radius 3 is 2.90 bits per heavy atom. The van der Waals surface area contributed by atoms with Gasteiger partial charge >= 0.3 is 0 Å². The van der Waals surface area contributed by atoms with E-state index >= 15 is 0 Å². The van der Waals surface area contributed by atoms with Crippen LogP contribution >= 0.6 is 0 Å². The Labute approximate surface area is 118 Å². The van der Waals surface area contributed by atoms with E-state index in [2.05, 4.69) is 15.3 Å². The highest BCUT2D eigenvalue weighted by Crippen LogP contribution is 2.24. The molecule has 6 nitrogen and oxygen atoms in total. The van der Waals surface area contributed by atoms with Gasteiger partial charge in [-0.3, -0.25) is 0 Å². The molecule has 108 valence electrons. The van der Waals surface area contributed by atoms with E-state index in [1.807, 2.05) is 20.8 Å². The Bertz CT molecular complexity index is 568. The van der Waals surface area contributed by atoms with Crippen molar-refractivity contribution in [1.29, 1.82) is 0 Å². The third-order valence-corrected chi connectivity index (χ3v) is 2.71. The van der Waals surface area contributed by atoms with Crippen LogP contribution in [0.25, 0.3) is 0 Å². The summed E-state index contributed by atoms with van der Waals surface area (Å²) in [4.78, 5) is 8.54. The van der Waals surface area contributed by atoms with Gasteiger partial charge in [-0.25, -0.2) is 4.98 Å². The van der Waals surface area contributed by atoms with E-state index in [9.17, 15) is 0 Å². The van der Waals surface area contributed by atoms with Crippen LogP contribution in [-0.2, 0) is 0 Å². The highest BCUT2D eigenvalue weighted by atomic mass is 16.5. The van der Waals surface area contributed by atoms with E-state index in [-0.39, 0.29) is 6.04 Å². The van der Waals surface area contributed by atoms with Crippen molar-refractivity contribution in [1.82, 2.24) is 9.97 Å². The summed E-state index contributed by atoms with van der Waals surface area (Å²) in [7, 11) is 0. The number of aryl methyl sites for hydroxylation is 1. The van der Waals surface area contributed by atoms with Crippen LogP contribution in [-0.4, -0.2) is 16.6 Å². The number of pyridine rings is 1. The van der Waals surface area contributed by atoms with Gasteiger partial charge in [0, 0.05) is 0 Å². The maximum atomic E-state index is 5.83. The number of nitrogens with zero attached hydrogens (tertiary/aromatic N) is 2. The van der Waals surface area contributed by atoms with Crippen LogP contribution in [0.5, 0.6) is 5.88 Å². The van der Waals surface area contributed by atoms with Crippen molar-refractivity contribution in [3.05, 3.63) is 30.0 Å². The molecular formula is C14H20N4O2. The van der Waals surface area contributed by atoms with Crippen molar-refractivity contribution in [3.63, 3.8) is 0 Å². The summed E-state index contributed by atoms with van der Waals surface area (Å²) in [6.07, 6.45) is 2.60. The zero-order chi connectivity index (χ0) is 14.5. The number of anilines is 2. The van der Waals surface area contributed by atoms with Crippen LogP contribution in [0.4, 0.5) is 11.5 Å². The summed E-state index contributed by atoms with van der Waals surface area (Å²) < 4.78 is 11.0. The Morgan fingerprint density at radius 1 is 1.45 bits per heavy atom. The largest absolute Gasteiger partial charge is 0.476 e. The van der Waals surface area contributed by atoms with Crippen molar-refractivity contribution in [2.45, 2.75) is 33.2 Å². The van der Waals surface area contributed by atoms with Crippen molar-refractivity contribution in [2.24, 2.45) is 0 Å². The lowest BCUT2D eigenvalue weighted by Gasteiger charge is -2.13. The highest BCUT2D eigenvalue weighted by molar-refractivity contribution is 5.53. The van der Waals surface area contributed by atoms with Gasteiger partial charge in [0.15, 0.2) is 0 Å². The molecule has 0 fully saturated rings. The molecule has 0 spiro atoms. The number of nitrogen functional groups attached to an aromatic ring is 1. The van der Waals surface area contributed by atoms with Gasteiger partial charge in [0.1, 0.15) is 17.6 Å². The first-order valence-corrected chi connectivity index (χ1v) is 6.68. The zero-order valence-corrected chi connectivity index (χ0v) is 12.0. The molecule has 0 aliphatic carbocycles. The molecular weight excluding hydrogens is 256 g/mol. The molecule has 2 aromatic heterocycles. The minimum absolute atomic E-state index is 0.0844. The predicted molar refractivity (Wildman–Crippen MR) is 77.7 cm³/mol. The molecule has 0 bridgehead atoms. The number of hydrogen-bond acceptors (Lipinski definition) is 6. The fraction of sp³-hybridized carbons (Fsp3) is 0.429. The first-order valence-electron chi connectivity index (χ1n) is 6.68. The number of nitrogens with two attached hydrogens (primary N) is 1. The van der Waals surface area contributed by atoms with Gasteiger partial charge in [-0.05, 0) is 32.4 Å². The predicted octanol–water partition coefficient (Wildman–Crippen LogP) is 2.92. The number of nitrogens with one attached hydrogen (secondary N) is 1. The summed E-state index contributed by atoms with van der Waals surface area (Å²) in [5, 5.41) is 3.21. The van der Waals surface area contributed by atoms with E-state index in [4.69, 9.17) is 14.9 Å². The van der Waals surface area contributed by atoms with Gasteiger partial charge in [0.25, 0.3) is 0 Å². The third-order valence-electron chi connectivity index (χ3n) is 2.71. The number of rotatable bonds is 6. The van der Waals surface area contributed by atoms with Crippen molar-refractivity contribution >= 4 is 11.5 Å². The molecule has 0 radical (unpaired) electrons. The van der Waals surface area contributed by atoms with Gasteiger partial charge in [0.2, 0.25) is 11.8 Å². The molecule has 1 atom stereocenters. The lowest BCUT2D eigenvalue weighted by Crippen LogP contribution is -2.09. The number of aromatic nitrogens is 2. The van der Waals surface area contributed by atoms with Crippen LogP contribution in [0, 0.1) is 6.92 Å². The van der Waals surface area contributed by atoms with Crippen LogP contribution in [0.15, 0.2) is 22.7 Å². The van der Waals surface area contributed by atoms with Gasteiger partial charge in [0.05, 0.1) is 18.5 Å². The minimum Gasteiger partial charge on any atom is -0.476 e. The summed E-state index contributed by atoms with van der Waals surface area (Å²) in [6, 6.07) is 3.49. The maximum absolute atomic E-state index is 5.83. The van der Waals surface area contributed by atoms with Crippen LogP contribution in [0.1, 0.15) is 38.0 Å². The number of ether oxygens (including phenoxy) is 1. The van der Waals surface area contributed by atoms with Crippen LogP contribution < -0.4 is 15.8 Å². The first-order chi connectivity index (χ1) is 9.60. The molecule has 0 amide bonds. The maximum Gasteiger partial charge on any atom is 0.239 e. The Hall–Kier alpha value is -2.24. The van der Waals surface area contributed by atoms with Crippen molar-refractivity contribution < 1.29 is 9.15 Å². The fourth-order valence-electron chi connectivity index (χ4n) is 1.70. The molecule has 0 aliphatic rings. The summed E-state index contributed by atoms with van der Waals surface area (Å²) in [5.74, 6) is 2.53. The van der Waals surface area contributed by atoms with Crippen LogP contribution in [0.3, 0.4) is 0 Å². The Morgan fingerprint density at radius 2 is 2.25 bits per heavy atom. The zero-order valence-electron chi connectivity index (χ0n) is 12.0. The average Bonchev–Trinajstić information content (AvgIpc) is 2.86. The van der Waals surface area contributed by atoms with Gasteiger partial charge in [-0.2, -0.15) is 4.98 Å². The van der Waals surface area contributed by atoms with Gasteiger partial charge < -0.3 is 20.2 Å². The molecule has 0 saturated heterocycles. The second kappa shape index (κ2) is 6.27. The molecule has 0 aromatic carbocycles. The minimum atomic E-state index is -0.0844. The molecule has 2 heterocycles. The van der Waals surface area contributed by atoms with Crippen LogP contribution in [0.2, 0.25) is 0 Å². The Kier molecular flexibility index (Phi) is 4.45. The highest BCUT2D eigenvalue weighted by Gasteiger charge is 2.13. The number of hydrogen-bond donors (Lipinski definition) is 2. The number of oxazole rings is 1. The molecule has 0 saturated carbocycles. The lowest BCUT2D eigenvalue weighted by molar-refractivity contribution is 0.307. The summed E-state index contributed by atoms with van der Waals surface area (Å²) in [6.45, 7) is 6.44. The van der Waals surface area contributed by atoms with E-state index < -0.39 is 0 Å². The van der Waals surface area contributed by atoms with E-state index in [0.717, 1.165) is 12.2 Å². The monoisotopic (exact) mass is 276 g/mol. The van der Waals surface area contributed by atoms with E-state index in [0.29, 0.717) is 29.9 Å². The topological polar surface area (TPSA) is 86.2 Å². The van der Waals surface area contributed by atoms with Crippen molar-refractivity contribution in [2.75, 3.05) is 17.7 Å². The molecule has 2 aromatic rings. The quantitative estimate of drug-likeness (QED) is 0.843. The molecule has 3 N–H and O–H groups in total. The molecule has 2 rings (SSSR count). The molecule has 0 aliphatic heterocycles. The SMILES string of the molecule is CCCOc1nc(NC(C)c2ncc(C)o2)ccc1N. The third kappa shape index (κ3) is 3.40. The first kappa shape index (κ1) is 14.2. The smallest absolute Gasteiger partial charge is 0.239 e. The fourth-order valence-corrected chi connectivity index (χ4v) is 1.70. The van der Waals surface area contributed by atoms with Gasteiger partial charge in [-0.15, -0.1) is 0 Å². The van der Waals surface area contributed by atoms with E-state index in [1.165, 1.54) is 0 Å². The van der Waals surface area contributed by atoms with Gasteiger partial charge in [-0.1, -0.05) is 6.92 Å². The second-order valence-corrected chi connectivity index (χ2v) is 4.61. The lowest BCUT2D eigenvalue weighted by atomic mass is 10.3. The van der Waals surface area contributed by atoms with Crippen molar-refractivity contribution in [3.8, 4) is 5.88 Å². The summed E-state index contributed by atoms with van der Waals surface area (Å²) in [5.41, 5.74) is 6.36. The second-order valence-electron chi connectivity index (χ2n) is 4.61. The standard InChI is InChI=1S/C14H20N4O2/c1-4-7-19-14-11(15)5-6-12(18-14)17-10(3)13-16-8-9(2)20-13/h5-6,8,10H,4,7,15H2,1-3H3,(H,17,18). The molecule has 20 heavy (non-hydrogen) atoms. The molecule has 1 unspecified atom stereocenters. The average molecular weight is 276 g/mol. The summed E-state index contributed by atoms with van der Waals surface area (Å²) >= 11 is 0.